The number of carboxylic acids is 1. The molecule has 0 radical (unpaired) electrons. The summed E-state index contributed by atoms with van der Waals surface area (Å²) in [6, 6.07) is 7.06. The zero-order valence-electron chi connectivity index (χ0n) is 12.4. The molecule has 1 aromatic carbocycles. The van der Waals surface area contributed by atoms with Crippen molar-refractivity contribution in [2.24, 2.45) is 5.41 Å². The third-order valence-electron chi connectivity index (χ3n) is 4.12. The largest absolute Gasteiger partial charge is 0.478 e. The van der Waals surface area contributed by atoms with Gasteiger partial charge in [-0.25, -0.2) is 4.79 Å². The van der Waals surface area contributed by atoms with Crippen molar-refractivity contribution in [3.63, 3.8) is 0 Å². The maximum Gasteiger partial charge on any atom is 0.335 e. The second-order valence-electron chi connectivity index (χ2n) is 6.20. The van der Waals surface area contributed by atoms with Gasteiger partial charge in [0, 0.05) is 0 Å². The van der Waals surface area contributed by atoms with E-state index < -0.39 is 5.97 Å². The van der Waals surface area contributed by atoms with Crippen molar-refractivity contribution >= 4 is 12.0 Å². The van der Waals surface area contributed by atoms with Crippen LogP contribution in [0.15, 0.2) is 41.5 Å². The van der Waals surface area contributed by atoms with Gasteiger partial charge in [-0.2, -0.15) is 0 Å². The van der Waals surface area contributed by atoms with Crippen LogP contribution in [0.5, 0.6) is 0 Å². The van der Waals surface area contributed by atoms with Crippen LogP contribution in [0.4, 0.5) is 0 Å². The Morgan fingerprint density at radius 2 is 2.05 bits per heavy atom. The molecule has 2 nitrogen and oxygen atoms in total. The zero-order chi connectivity index (χ0) is 14.8. The molecule has 1 aliphatic carbocycles. The van der Waals surface area contributed by atoms with Gasteiger partial charge in [0.1, 0.15) is 0 Å². The van der Waals surface area contributed by atoms with Gasteiger partial charge in [-0.15, -0.1) is 0 Å². The van der Waals surface area contributed by atoms with Crippen LogP contribution in [-0.2, 0) is 0 Å². The molecule has 106 valence electrons. The maximum absolute atomic E-state index is 11.0. The molecule has 1 N–H and O–H groups in total. The second-order valence-corrected chi connectivity index (χ2v) is 6.20. The van der Waals surface area contributed by atoms with E-state index in [-0.39, 0.29) is 5.41 Å². The van der Waals surface area contributed by atoms with E-state index in [2.05, 4.69) is 26.8 Å². The minimum absolute atomic E-state index is 0.212. The third-order valence-corrected chi connectivity index (χ3v) is 4.12. The lowest BCUT2D eigenvalue weighted by Crippen LogP contribution is -2.18. The number of hydrogen-bond acceptors (Lipinski definition) is 1. The topological polar surface area (TPSA) is 37.3 Å². The molecule has 0 amide bonds. The Kier molecular flexibility index (Phi) is 4.12. The van der Waals surface area contributed by atoms with Crippen molar-refractivity contribution in [3.05, 3.63) is 52.6 Å². The fourth-order valence-electron chi connectivity index (χ4n) is 2.97. The van der Waals surface area contributed by atoms with Crippen molar-refractivity contribution in [3.8, 4) is 0 Å². The predicted octanol–water partition coefficient (Wildman–Crippen LogP) is 4.92. The summed E-state index contributed by atoms with van der Waals surface area (Å²) in [7, 11) is 0. The molecular formula is C18H22O2. The van der Waals surface area contributed by atoms with Gasteiger partial charge in [0.05, 0.1) is 5.56 Å². The summed E-state index contributed by atoms with van der Waals surface area (Å²) in [6.07, 6.45) is 7.82. The lowest BCUT2D eigenvalue weighted by atomic mass is 9.72. The monoisotopic (exact) mass is 270 g/mol. The molecule has 0 heterocycles. The van der Waals surface area contributed by atoms with Gasteiger partial charge >= 0.3 is 5.97 Å². The molecule has 0 saturated carbocycles. The van der Waals surface area contributed by atoms with Crippen molar-refractivity contribution in [2.75, 3.05) is 0 Å². The van der Waals surface area contributed by atoms with Crippen molar-refractivity contribution in [1.82, 2.24) is 0 Å². The molecular weight excluding hydrogens is 248 g/mol. The summed E-state index contributed by atoms with van der Waals surface area (Å²) in [5.74, 6) is -0.881. The van der Waals surface area contributed by atoms with E-state index in [0.717, 1.165) is 12.0 Å². The van der Waals surface area contributed by atoms with E-state index in [1.54, 1.807) is 18.2 Å². The molecule has 1 aromatic rings. The molecule has 0 unspecified atom stereocenters. The van der Waals surface area contributed by atoms with Crippen LogP contribution in [0.1, 0.15) is 56.0 Å². The smallest absolute Gasteiger partial charge is 0.335 e. The van der Waals surface area contributed by atoms with Crippen LogP contribution in [-0.4, -0.2) is 11.1 Å². The third kappa shape index (κ3) is 3.19. The molecule has 20 heavy (non-hydrogen) atoms. The highest BCUT2D eigenvalue weighted by Crippen LogP contribution is 2.40. The Hall–Kier alpha value is -1.83. The average Bonchev–Trinajstić information content (AvgIpc) is 2.37. The fraction of sp³-hybridized carbons (Fsp3) is 0.389. The first-order chi connectivity index (χ1) is 9.40. The number of benzene rings is 1. The first kappa shape index (κ1) is 14.6. The van der Waals surface area contributed by atoms with Crippen LogP contribution in [0.25, 0.3) is 6.08 Å². The fourth-order valence-corrected chi connectivity index (χ4v) is 2.97. The minimum Gasteiger partial charge on any atom is -0.478 e. The Balaban J connectivity index is 2.29. The first-order valence-electron chi connectivity index (χ1n) is 7.12. The number of carbonyl (C=O) groups is 1. The number of rotatable bonds is 3. The van der Waals surface area contributed by atoms with Gasteiger partial charge in [0.2, 0.25) is 0 Å². The Morgan fingerprint density at radius 1 is 1.30 bits per heavy atom. The summed E-state index contributed by atoms with van der Waals surface area (Å²) in [4.78, 5) is 11.0. The normalized spacial score (nSPS) is 18.6. The first-order valence-corrected chi connectivity index (χ1v) is 7.12. The zero-order valence-corrected chi connectivity index (χ0v) is 12.4. The van der Waals surface area contributed by atoms with Crippen LogP contribution in [0.3, 0.4) is 0 Å². The number of allylic oxidation sites excluding steroid dienone is 3. The lowest BCUT2D eigenvalue weighted by molar-refractivity contribution is 0.0697. The average molecular weight is 270 g/mol. The second kappa shape index (κ2) is 5.66. The SMILES string of the molecule is CC1=C(C=Cc2cccc(C(=O)O)c2)C(C)(C)CCC1. The summed E-state index contributed by atoms with van der Waals surface area (Å²) >= 11 is 0. The van der Waals surface area contributed by atoms with Crippen LogP contribution < -0.4 is 0 Å². The molecule has 0 aromatic heterocycles. The molecule has 0 bridgehead atoms. The Morgan fingerprint density at radius 3 is 2.70 bits per heavy atom. The van der Waals surface area contributed by atoms with E-state index >= 15 is 0 Å². The van der Waals surface area contributed by atoms with Crippen molar-refractivity contribution in [2.45, 2.75) is 40.0 Å². The van der Waals surface area contributed by atoms with E-state index in [4.69, 9.17) is 5.11 Å². The molecule has 0 atom stereocenters. The standard InChI is InChI=1S/C18H22O2/c1-13-6-5-11-18(2,3)16(13)10-9-14-7-4-8-15(12-14)17(19)20/h4,7-10,12H,5-6,11H2,1-3H3,(H,19,20). The van der Waals surface area contributed by atoms with Crippen molar-refractivity contribution in [1.29, 1.82) is 0 Å². The van der Waals surface area contributed by atoms with Gasteiger partial charge in [0.25, 0.3) is 0 Å². The quantitative estimate of drug-likeness (QED) is 0.846. The van der Waals surface area contributed by atoms with Gasteiger partial charge < -0.3 is 5.11 Å². The van der Waals surface area contributed by atoms with E-state index in [1.165, 1.54) is 24.0 Å². The number of hydrogen-bond donors (Lipinski definition) is 1. The number of carboxylic acid groups (broad SMARTS) is 1. The molecule has 0 aliphatic heterocycles. The molecule has 0 saturated heterocycles. The maximum atomic E-state index is 11.0. The summed E-state index contributed by atoms with van der Waals surface area (Å²) in [6.45, 7) is 6.76. The van der Waals surface area contributed by atoms with Gasteiger partial charge in [-0.1, -0.05) is 43.7 Å². The lowest BCUT2D eigenvalue weighted by Gasteiger charge is -2.32. The number of aromatic carboxylic acids is 1. The highest BCUT2D eigenvalue weighted by molar-refractivity contribution is 5.88. The Labute approximate surface area is 120 Å². The van der Waals surface area contributed by atoms with E-state index in [0.29, 0.717) is 5.56 Å². The van der Waals surface area contributed by atoms with Gasteiger partial charge in [0.15, 0.2) is 0 Å². The van der Waals surface area contributed by atoms with Crippen LogP contribution in [0, 0.1) is 5.41 Å². The van der Waals surface area contributed by atoms with Gasteiger partial charge in [-0.3, -0.25) is 0 Å². The summed E-state index contributed by atoms with van der Waals surface area (Å²) < 4.78 is 0. The van der Waals surface area contributed by atoms with Gasteiger partial charge in [-0.05, 0) is 54.9 Å². The minimum atomic E-state index is -0.881. The van der Waals surface area contributed by atoms with E-state index in [1.807, 2.05) is 12.1 Å². The van der Waals surface area contributed by atoms with Crippen molar-refractivity contribution < 1.29 is 9.90 Å². The summed E-state index contributed by atoms with van der Waals surface area (Å²) in [5.41, 5.74) is 4.33. The highest BCUT2D eigenvalue weighted by Gasteiger charge is 2.26. The van der Waals surface area contributed by atoms with Crippen LogP contribution >= 0.6 is 0 Å². The highest BCUT2D eigenvalue weighted by atomic mass is 16.4. The Bertz CT molecular complexity index is 577. The molecule has 1 aliphatic rings. The summed E-state index contributed by atoms with van der Waals surface area (Å²) in [5, 5.41) is 9.02. The van der Waals surface area contributed by atoms with E-state index in [9.17, 15) is 4.79 Å². The molecule has 0 spiro atoms. The predicted molar refractivity (Wildman–Crippen MR) is 82.8 cm³/mol. The molecule has 2 heteroatoms. The van der Waals surface area contributed by atoms with Crippen LogP contribution in [0.2, 0.25) is 0 Å². The molecule has 0 fully saturated rings. The molecule has 2 rings (SSSR count).